The van der Waals surface area contributed by atoms with E-state index in [1.807, 2.05) is 30.3 Å². The second-order valence-electron chi connectivity index (χ2n) is 5.01. The van der Waals surface area contributed by atoms with Crippen LogP contribution in [0.15, 0.2) is 42.6 Å². The molecule has 0 fully saturated rings. The number of methoxy groups -OCH3 is 1. The van der Waals surface area contributed by atoms with Gasteiger partial charge >= 0.3 is 5.97 Å². The molecular formula is C16H20N2O3S. The van der Waals surface area contributed by atoms with E-state index in [9.17, 15) is 9.59 Å². The summed E-state index contributed by atoms with van der Waals surface area (Å²) in [7, 11) is 1.32. The minimum atomic E-state index is -0.636. The molecule has 0 saturated heterocycles. The maximum absolute atomic E-state index is 12.3. The van der Waals surface area contributed by atoms with Crippen LogP contribution in [0.3, 0.4) is 0 Å². The predicted molar refractivity (Wildman–Crippen MR) is 87.0 cm³/mol. The van der Waals surface area contributed by atoms with E-state index in [2.05, 4.69) is 0 Å². The Balaban J connectivity index is 1.84. The predicted octanol–water partition coefficient (Wildman–Crippen LogP) is 1.53. The highest BCUT2D eigenvalue weighted by Gasteiger charge is 2.33. The Morgan fingerprint density at radius 1 is 1.41 bits per heavy atom. The number of carbonyl (C=O) groups excluding carboxylic acids is 2. The molecule has 0 aromatic heterocycles. The van der Waals surface area contributed by atoms with E-state index < -0.39 is 18.1 Å². The Kier molecular flexibility index (Phi) is 6.03. The summed E-state index contributed by atoms with van der Waals surface area (Å²) < 4.78 is 4.71. The van der Waals surface area contributed by atoms with Gasteiger partial charge in [0.05, 0.1) is 13.2 Å². The monoisotopic (exact) mass is 320 g/mol. The van der Waals surface area contributed by atoms with Crippen molar-refractivity contribution in [2.24, 2.45) is 5.73 Å². The highest BCUT2D eigenvalue weighted by Crippen LogP contribution is 2.19. The summed E-state index contributed by atoms with van der Waals surface area (Å²) in [6.45, 7) is 0. The van der Waals surface area contributed by atoms with Crippen molar-refractivity contribution in [2.75, 3.05) is 12.9 Å². The molecule has 22 heavy (non-hydrogen) atoms. The fraction of sp³-hybridized carbons (Fsp3) is 0.375. The van der Waals surface area contributed by atoms with Crippen molar-refractivity contribution >= 4 is 23.6 Å². The number of nitrogens with zero attached hydrogens (tertiary/aromatic N) is 1. The molecule has 5 nitrogen and oxygen atoms in total. The topological polar surface area (TPSA) is 72.6 Å². The zero-order chi connectivity index (χ0) is 15.9. The second kappa shape index (κ2) is 8.00. The molecule has 6 heteroatoms. The van der Waals surface area contributed by atoms with Gasteiger partial charge in [-0.3, -0.25) is 4.79 Å². The Hall–Kier alpha value is -1.79. The lowest BCUT2D eigenvalue weighted by atomic mass is 10.2. The maximum atomic E-state index is 12.3. The van der Waals surface area contributed by atoms with Gasteiger partial charge in [-0.05, 0) is 12.0 Å². The molecule has 2 N–H and O–H groups in total. The fourth-order valence-corrected chi connectivity index (χ4v) is 3.18. The van der Waals surface area contributed by atoms with Gasteiger partial charge in [0.15, 0.2) is 0 Å². The first kappa shape index (κ1) is 16.6. The Bertz CT molecular complexity index is 548. The number of ether oxygens (including phenoxy) is 1. The zero-order valence-corrected chi connectivity index (χ0v) is 13.3. The highest BCUT2D eigenvalue weighted by atomic mass is 32.2. The molecule has 1 amide bonds. The largest absolute Gasteiger partial charge is 0.467 e. The van der Waals surface area contributed by atoms with Crippen molar-refractivity contribution in [2.45, 2.75) is 24.3 Å². The van der Waals surface area contributed by atoms with Crippen LogP contribution in [-0.4, -0.2) is 41.7 Å². The van der Waals surface area contributed by atoms with E-state index in [-0.39, 0.29) is 5.91 Å². The number of thioether (sulfide) groups is 1. The van der Waals surface area contributed by atoms with Crippen LogP contribution in [0.25, 0.3) is 0 Å². The lowest BCUT2D eigenvalue weighted by Crippen LogP contribution is -2.48. The molecule has 1 aliphatic rings. The van der Waals surface area contributed by atoms with Crippen LogP contribution in [0, 0.1) is 0 Å². The highest BCUT2D eigenvalue weighted by molar-refractivity contribution is 7.98. The molecular weight excluding hydrogens is 300 g/mol. The molecule has 2 rings (SSSR count). The van der Waals surface area contributed by atoms with Gasteiger partial charge in [-0.2, -0.15) is 11.8 Å². The summed E-state index contributed by atoms with van der Waals surface area (Å²) in [6, 6.07) is 8.80. The standard InChI is InChI=1S/C16H20N2O3S/c1-21-16(20)14-8-5-9-18(14)15(19)13(17)11-22-10-12-6-3-2-4-7-12/h2-7,9,13-14H,8,10-11,17H2,1H3. The van der Waals surface area contributed by atoms with E-state index in [0.29, 0.717) is 12.2 Å². The minimum absolute atomic E-state index is 0.246. The molecule has 0 spiro atoms. The first-order valence-corrected chi connectivity index (χ1v) is 8.23. The van der Waals surface area contributed by atoms with E-state index in [4.69, 9.17) is 10.5 Å². The normalized spacial score (nSPS) is 18.3. The van der Waals surface area contributed by atoms with Gasteiger partial charge in [0, 0.05) is 17.7 Å². The number of hydrogen-bond donors (Lipinski definition) is 1. The molecule has 1 aliphatic heterocycles. The Labute approximate surface area is 134 Å². The van der Waals surface area contributed by atoms with Crippen molar-refractivity contribution in [3.05, 3.63) is 48.2 Å². The van der Waals surface area contributed by atoms with E-state index in [0.717, 1.165) is 5.75 Å². The molecule has 2 unspecified atom stereocenters. The number of benzene rings is 1. The average Bonchev–Trinajstić information content (AvgIpc) is 3.03. The van der Waals surface area contributed by atoms with Crippen LogP contribution >= 0.6 is 11.8 Å². The quantitative estimate of drug-likeness (QED) is 0.805. The van der Waals surface area contributed by atoms with Crippen LogP contribution in [0.4, 0.5) is 0 Å². The number of carbonyl (C=O) groups is 2. The van der Waals surface area contributed by atoms with Crippen LogP contribution in [0.2, 0.25) is 0 Å². The van der Waals surface area contributed by atoms with Crippen LogP contribution in [-0.2, 0) is 20.1 Å². The minimum Gasteiger partial charge on any atom is -0.467 e. The first-order valence-electron chi connectivity index (χ1n) is 7.07. The van der Waals surface area contributed by atoms with Crippen molar-refractivity contribution < 1.29 is 14.3 Å². The van der Waals surface area contributed by atoms with Crippen molar-refractivity contribution in [3.8, 4) is 0 Å². The molecule has 0 bridgehead atoms. The Morgan fingerprint density at radius 2 is 2.14 bits per heavy atom. The van der Waals surface area contributed by atoms with E-state index >= 15 is 0 Å². The number of hydrogen-bond acceptors (Lipinski definition) is 5. The van der Waals surface area contributed by atoms with Crippen molar-refractivity contribution in [1.82, 2.24) is 4.90 Å². The fourth-order valence-electron chi connectivity index (χ4n) is 2.23. The third-order valence-corrected chi connectivity index (χ3v) is 4.55. The summed E-state index contributed by atoms with van der Waals surface area (Å²) in [5, 5.41) is 0. The molecule has 1 heterocycles. The number of nitrogens with two attached hydrogens (primary N) is 1. The molecule has 0 radical (unpaired) electrons. The lowest BCUT2D eigenvalue weighted by molar-refractivity contribution is -0.150. The molecule has 2 atom stereocenters. The summed E-state index contributed by atoms with van der Waals surface area (Å²) in [5.74, 6) is 0.650. The van der Waals surface area contributed by atoms with Gasteiger partial charge in [0.1, 0.15) is 6.04 Å². The Morgan fingerprint density at radius 3 is 2.82 bits per heavy atom. The van der Waals surface area contributed by atoms with Crippen LogP contribution in [0.5, 0.6) is 0 Å². The molecule has 118 valence electrons. The van der Waals surface area contributed by atoms with Gasteiger partial charge in [0.2, 0.25) is 5.91 Å². The van der Waals surface area contributed by atoms with E-state index in [1.165, 1.54) is 17.6 Å². The third kappa shape index (κ3) is 4.11. The summed E-state index contributed by atoms with van der Waals surface area (Å²) in [5.41, 5.74) is 7.16. The van der Waals surface area contributed by atoms with Gasteiger partial charge in [-0.25, -0.2) is 4.79 Å². The summed E-state index contributed by atoms with van der Waals surface area (Å²) in [4.78, 5) is 25.4. The second-order valence-corrected chi connectivity index (χ2v) is 6.04. The number of rotatable bonds is 6. The zero-order valence-electron chi connectivity index (χ0n) is 12.5. The van der Waals surface area contributed by atoms with Crippen LogP contribution in [0.1, 0.15) is 12.0 Å². The van der Waals surface area contributed by atoms with Gasteiger partial charge in [-0.1, -0.05) is 36.4 Å². The number of esters is 1. The summed E-state index contributed by atoms with van der Waals surface area (Å²) >= 11 is 1.60. The average molecular weight is 320 g/mol. The maximum Gasteiger partial charge on any atom is 0.329 e. The lowest BCUT2D eigenvalue weighted by Gasteiger charge is -2.24. The smallest absolute Gasteiger partial charge is 0.329 e. The molecule has 0 saturated carbocycles. The van der Waals surface area contributed by atoms with Crippen molar-refractivity contribution in [3.63, 3.8) is 0 Å². The molecule has 1 aromatic carbocycles. The van der Waals surface area contributed by atoms with Crippen molar-refractivity contribution in [1.29, 1.82) is 0 Å². The number of amides is 1. The molecule has 0 aliphatic carbocycles. The third-order valence-electron chi connectivity index (χ3n) is 3.42. The molecule has 1 aromatic rings. The van der Waals surface area contributed by atoms with Gasteiger partial charge in [-0.15, -0.1) is 0 Å². The van der Waals surface area contributed by atoms with E-state index in [1.54, 1.807) is 24.0 Å². The van der Waals surface area contributed by atoms with Gasteiger partial charge < -0.3 is 15.4 Å². The van der Waals surface area contributed by atoms with Gasteiger partial charge in [0.25, 0.3) is 0 Å². The first-order chi connectivity index (χ1) is 10.6. The summed E-state index contributed by atoms with van der Waals surface area (Å²) in [6.07, 6.45) is 3.87. The SMILES string of the molecule is COC(=O)C1CC=CN1C(=O)C(N)CSCc1ccccc1. The van der Waals surface area contributed by atoms with Crippen LogP contribution < -0.4 is 5.73 Å².